The molecule has 0 spiro atoms. The fourth-order valence-electron chi connectivity index (χ4n) is 3.05. The molecule has 0 bridgehead atoms. The Morgan fingerprint density at radius 2 is 1.96 bits per heavy atom. The summed E-state index contributed by atoms with van der Waals surface area (Å²) < 4.78 is 0.726. The topological polar surface area (TPSA) is 83.7 Å². The third kappa shape index (κ3) is 3.20. The molecular weight excluding hydrogens is 398 g/mol. The fraction of sp³-hybridized carbons (Fsp3) is 0.438. The maximum absolute atomic E-state index is 12.4. The second-order valence-corrected chi connectivity index (χ2v) is 7.38. The summed E-state index contributed by atoms with van der Waals surface area (Å²) in [5.41, 5.74) is 6.35. The summed E-state index contributed by atoms with van der Waals surface area (Å²) >= 11 is 3.29. The van der Waals surface area contributed by atoms with E-state index in [1.165, 1.54) is 0 Å². The van der Waals surface area contributed by atoms with Crippen molar-refractivity contribution in [2.24, 2.45) is 11.1 Å². The van der Waals surface area contributed by atoms with E-state index in [0.29, 0.717) is 30.8 Å². The molecule has 3 amide bonds. The molecule has 1 saturated heterocycles. The van der Waals surface area contributed by atoms with E-state index >= 15 is 0 Å². The van der Waals surface area contributed by atoms with E-state index in [4.69, 9.17) is 5.73 Å². The molecule has 2 N–H and O–H groups in total. The van der Waals surface area contributed by atoms with Gasteiger partial charge in [0, 0.05) is 17.6 Å². The minimum absolute atomic E-state index is 0. The molecule has 2 heterocycles. The number of hydrogen-bond donors (Lipinski definition) is 1. The van der Waals surface area contributed by atoms with Gasteiger partial charge in [-0.05, 0) is 36.6 Å². The monoisotopic (exact) mass is 415 g/mol. The lowest BCUT2D eigenvalue weighted by Gasteiger charge is -2.24. The lowest BCUT2D eigenvalue weighted by Crippen LogP contribution is -2.43. The van der Waals surface area contributed by atoms with E-state index in [2.05, 4.69) is 15.9 Å². The van der Waals surface area contributed by atoms with Gasteiger partial charge in [-0.2, -0.15) is 0 Å². The SMILES string of the molecule is CC1(CN)CCN(C(=O)CN2C(=O)c3ccc(Br)cc3C2=O)C1.Cl. The smallest absolute Gasteiger partial charge is 0.262 e. The van der Waals surface area contributed by atoms with Crippen LogP contribution in [0.4, 0.5) is 0 Å². The van der Waals surface area contributed by atoms with E-state index in [0.717, 1.165) is 15.8 Å². The minimum atomic E-state index is -0.416. The second kappa shape index (κ2) is 6.82. The Morgan fingerprint density at radius 3 is 2.58 bits per heavy atom. The molecule has 0 aliphatic carbocycles. The van der Waals surface area contributed by atoms with Crippen LogP contribution in [0.3, 0.4) is 0 Å². The Labute approximate surface area is 154 Å². The number of likely N-dealkylation sites (tertiary alicyclic amines) is 1. The van der Waals surface area contributed by atoms with E-state index in [1.54, 1.807) is 23.1 Å². The maximum atomic E-state index is 12.4. The van der Waals surface area contributed by atoms with Gasteiger partial charge in [0.2, 0.25) is 5.91 Å². The molecule has 0 radical (unpaired) electrons. The van der Waals surface area contributed by atoms with Crippen molar-refractivity contribution in [3.05, 3.63) is 33.8 Å². The van der Waals surface area contributed by atoms with E-state index in [9.17, 15) is 14.4 Å². The van der Waals surface area contributed by atoms with Crippen molar-refractivity contribution in [2.45, 2.75) is 13.3 Å². The van der Waals surface area contributed by atoms with Crippen molar-refractivity contribution in [2.75, 3.05) is 26.2 Å². The minimum Gasteiger partial charge on any atom is -0.341 e. The number of nitrogens with zero attached hydrogens (tertiary/aromatic N) is 2. The molecule has 0 aromatic heterocycles. The molecule has 2 aliphatic heterocycles. The Morgan fingerprint density at radius 1 is 1.29 bits per heavy atom. The van der Waals surface area contributed by atoms with Crippen LogP contribution in [0.1, 0.15) is 34.1 Å². The molecule has 0 saturated carbocycles. The van der Waals surface area contributed by atoms with Gasteiger partial charge < -0.3 is 10.6 Å². The van der Waals surface area contributed by atoms with Crippen molar-refractivity contribution in [1.82, 2.24) is 9.80 Å². The first-order valence-electron chi connectivity index (χ1n) is 7.48. The summed E-state index contributed by atoms with van der Waals surface area (Å²) in [5, 5.41) is 0. The Hall–Kier alpha value is -1.44. The highest BCUT2D eigenvalue weighted by Gasteiger charge is 2.40. The molecular formula is C16H19BrClN3O3. The Balaban J connectivity index is 0.00000208. The third-order valence-electron chi connectivity index (χ3n) is 4.63. The van der Waals surface area contributed by atoms with Gasteiger partial charge >= 0.3 is 0 Å². The highest BCUT2D eigenvalue weighted by Crippen LogP contribution is 2.30. The van der Waals surface area contributed by atoms with Crippen molar-refractivity contribution < 1.29 is 14.4 Å². The number of benzene rings is 1. The van der Waals surface area contributed by atoms with Gasteiger partial charge in [0.1, 0.15) is 6.54 Å². The van der Waals surface area contributed by atoms with E-state index in [1.807, 2.05) is 6.92 Å². The van der Waals surface area contributed by atoms with E-state index < -0.39 is 11.8 Å². The lowest BCUT2D eigenvalue weighted by molar-refractivity contribution is -0.130. The molecule has 130 valence electrons. The first-order chi connectivity index (χ1) is 10.8. The number of nitrogens with two attached hydrogens (primary N) is 1. The first kappa shape index (κ1) is 18.9. The summed E-state index contributed by atoms with van der Waals surface area (Å²) in [7, 11) is 0. The standard InChI is InChI=1S/C16H18BrN3O3.ClH/c1-16(8-18)4-5-19(9-16)13(21)7-20-14(22)11-3-2-10(17)6-12(11)15(20)23;/h2-3,6H,4-5,7-9,18H2,1H3;1H. The molecule has 1 aromatic carbocycles. The molecule has 1 aromatic rings. The number of amides is 3. The normalized spacial score (nSPS) is 22.6. The van der Waals surface area contributed by atoms with Crippen molar-refractivity contribution >= 4 is 46.1 Å². The number of fused-ring (bicyclic) bond motifs is 1. The Bertz CT molecular complexity index is 712. The predicted molar refractivity (Wildman–Crippen MR) is 95.1 cm³/mol. The van der Waals surface area contributed by atoms with Gasteiger partial charge in [-0.3, -0.25) is 19.3 Å². The highest BCUT2D eigenvalue weighted by atomic mass is 79.9. The van der Waals surface area contributed by atoms with Gasteiger partial charge in [-0.1, -0.05) is 22.9 Å². The summed E-state index contributed by atoms with van der Waals surface area (Å²) in [5.74, 6) is -1.04. The molecule has 8 heteroatoms. The molecule has 3 rings (SSSR count). The van der Waals surface area contributed by atoms with Crippen LogP contribution in [-0.4, -0.2) is 53.7 Å². The van der Waals surface area contributed by atoms with Crippen molar-refractivity contribution in [1.29, 1.82) is 0 Å². The largest absolute Gasteiger partial charge is 0.341 e. The lowest BCUT2D eigenvalue weighted by atomic mass is 9.90. The number of imide groups is 1. The van der Waals surface area contributed by atoms with Crippen LogP contribution in [0, 0.1) is 5.41 Å². The quantitative estimate of drug-likeness (QED) is 0.760. The summed E-state index contributed by atoms with van der Waals surface area (Å²) in [6.07, 6.45) is 0.838. The third-order valence-corrected chi connectivity index (χ3v) is 5.12. The van der Waals surface area contributed by atoms with Gasteiger partial charge in [0.15, 0.2) is 0 Å². The Kier molecular flexibility index (Phi) is 5.37. The summed E-state index contributed by atoms with van der Waals surface area (Å²) in [6.45, 7) is 3.51. The fourth-order valence-corrected chi connectivity index (χ4v) is 3.41. The predicted octanol–water partition coefficient (Wildman–Crippen LogP) is 1.66. The number of carbonyl (C=O) groups excluding carboxylic acids is 3. The van der Waals surface area contributed by atoms with Gasteiger partial charge in [-0.25, -0.2) is 0 Å². The van der Waals surface area contributed by atoms with Crippen LogP contribution in [0.25, 0.3) is 0 Å². The zero-order valence-corrected chi connectivity index (χ0v) is 15.7. The average molecular weight is 417 g/mol. The van der Waals surface area contributed by atoms with Crippen LogP contribution >= 0.6 is 28.3 Å². The van der Waals surface area contributed by atoms with Crippen molar-refractivity contribution in [3.63, 3.8) is 0 Å². The molecule has 6 nitrogen and oxygen atoms in total. The van der Waals surface area contributed by atoms with Gasteiger partial charge in [0.05, 0.1) is 11.1 Å². The summed E-state index contributed by atoms with van der Waals surface area (Å²) in [6, 6.07) is 4.93. The highest BCUT2D eigenvalue weighted by molar-refractivity contribution is 9.10. The number of hydrogen-bond acceptors (Lipinski definition) is 4. The van der Waals surface area contributed by atoms with Gasteiger partial charge in [0.25, 0.3) is 11.8 Å². The molecule has 2 aliphatic rings. The maximum Gasteiger partial charge on any atom is 0.262 e. The number of rotatable bonds is 3. The number of halogens is 2. The first-order valence-corrected chi connectivity index (χ1v) is 8.27. The van der Waals surface area contributed by atoms with Crippen LogP contribution in [0.15, 0.2) is 22.7 Å². The van der Waals surface area contributed by atoms with Gasteiger partial charge in [-0.15, -0.1) is 12.4 Å². The molecule has 1 atom stereocenters. The average Bonchev–Trinajstić information content (AvgIpc) is 3.03. The summed E-state index contributed by atoms with van der Waals surface area (Å²) in [4.78, 5) is 39.9. The van der Waals surface area contributed by atoms with E-state index in [-0.39, 0.29) is 30.3 Å². The van der Waals surface area contributed by atoms with Crippen molar-refractivity contribution in [3.8, 4) is 0 Å². The molecule has 1 fully saturated rings. The molecule has 1 unspecified atom stereocenters. The molecule has 24 heavy (non-hydrogen) atoms. The zero-order valence-electron chi connectivity index (χ0n) is 13.3. The van der Waals surface area contributed by atoms with Crippen LogP contribution in [0.2, 0.25) is 0 Å². The van der Waals surface area contributed by atoms with Crippen LogP contribution in [0.5, 0.6) is 0 Å². The zero-order chi connectivity index (χ0) is 16.8. The number of carbonyl (C=O) groups is 3. The second-order valence-electron chi connectivity index (χ2n) is 6.47. The van der Waals surface area contributed by atoms with Crippen LogP contribution in [-0.2, 0) is 4.79 Å². The van der Waals surface area contributed by atoms with Crippen LogP contribution < -0.4 is 5.73 Å².